The monoisotopic (exact) mass is 430 g/mol. The van der Waals surface area contributed by atoms with Gasteiger partial charge in [0, 0.05) is 43.6 Å². The van der Waals surface area contributed by atoms with Crippen molar-refractivity contribution in [1.82, 2.24) is 20.4 Å². The Morgan fingerprint density at radius 2 is 1.75 bits per heavy atom. The lowest BCUT2D eigenvalue weighted by Crippen LogP contribution is -2.38. The van der Waals surface area contributed by atoms with Gasteiger partial charge >= 0.3 is 0 Å². The summed E-state index contributed by atoms with van der Waals surface area (Å²) >= 11 is 0. The van der Waals surface area contributed by atoms with Gasteiger partial charge in [-0.3, -0.25) is 4.99 Å². The van der Waals surface area contributed by atoms with Gasteiger partial charge in [-0.1, -0.05) is 30.3 Å². The number of hydrogen-bond acceptors (Lipinski definition) is 3. The number of aryl methyl sites for hydroxylation is 1. The Kier molecular flexibility index (Phi) is 6.78. The molecule has 3 aromatic rings. The fraction of sp³-hybridized carbons (Fsp3) is 0.385. The molecular weight excluding hydrogens is 396 g/mol. The van der Waals surface area contributed by atoms with Gasteiger partial charge in [-0.2, -0.15) is 5.10 Å². The first-order valence-electron chi connectivity index (χ1n) is 11.5. The Morgan fingerprint density at radius 1 is 1.03 bits per heavy atom. The molecule has 168 valence electrons. The van der Waals surface area contributed by atoms with E-state index in [-0.39, 0.29) is 6.04 Å². The van der Waals surface area contributed by atoms with E-state index in [4.69, 9.17) is 5.10 Å². The number of aliphatic imine (C=N–C) groups is 1. The van der Waals surface area contributed by atoms with Crippen molar-refractivity contribution in [2.24, 2.45) is 4.99 Å². The van der Waals surface area contributed by atoms with Crippen LogP contribution in [-0.2, 0) is 6.54 Å². The summed E-state index contributed by atoms with van der Waals surface area (Å²) in [4.78, 5) is 6.92. The van der Waals surface area contributed by atoms with Gasteiger partial charge in [-0.25, -0.2) is 4.68 Å². The fourth-order valence-electron chi connectivity index (χ4n) is 4.37. The summed E-state index contributed by atoms with van der Waals surface area (Å²) in [6.45, 7) is 9.34. The van der Waals surface area contributed by atoms with Crippen LogP contribution in [0.2, 0.25) is 0 Å². The maximum absolute atomic E-state index is 4.75. The number of anilines is 1. The molecule has 2 aromatic carbocycles. The number of aromatic nitrogens is 2. The first-order valence-corrected chi connectivity index (χ1v) is 11.5. The average molecular weight is 431 g/mol. The zero-order chi connectivity index (χ0) is 22.5. The maximum Gasteiger partial charge on any atom is 0.191 e. The Bertz CT molecular complexity index is 1060. The number of nitrogens with one attached hydrogen (secondary N) is 2. The summed E-state index contributed by atoms with van der Waals surface area (Å²) in [5.74, 6) is 0.787. The van der Waals surface area contributed by atoms with Crippen molar-refractivity contribution >= 4 is 11.6 Å². The fourth-order valence-corrected chi connectivity index (χ4v) is 4.37. The van der Waals surface area contributed by atoms with Crippen molar-refractivity contribution in [3.05, 3.63) is 77.1 Å². The van der Waals surface area contributed by atoms with E-state index < -0.39 is 0 Å². The predicted octanol–water partition coefficient (Wildman–Crippen LogP) is 4.52. The van der Waals surface area contributed by atoms with E-state index in [2.05, 4.69) is 77.7 Å². The molecule has 0 bridgehead atoms. The van der Waals surface area contributed by atoms with E-state index in [0.717, 1.165) is 36.1 Å². The molecule has 2 heterocycles. The van der Waals surface area contributed by atoms with Gasteiger partial charge in [-0.05, 0) is 63.4 Å². The van der Waals surface area contributed by atoms with Gasteiger partial charge in [0.15, 0.2) is 5.96 Å². The zero-order valence-electron chi connectivity index (χ0n) is 19.6. The molecule has 1 aliphatic heterocycles. The van der Waals surface area contributed by atoms with Gasteiger partial charge < -0.3 is 15.5 Å². The number of para-hydroxylation sites is 1. The van der Waals surface area contributed by atoms with Crippen LogP contribution in [0, 0.1) is 13.8 Å². The number of rotatable bonds is 6. The molecule has 0 saturated carbocycles. The molecule has 6 heteroatoms. The normalized spacial score (nSPS) is 15.1. The number of benzene rings is 2. The summed E-state index contributed by atoms with van der Waals surface area (Å²) < 4.78 is 2.01. The minimum atomic E-state index is 0.151. The van der Waals surface area contributed by atoms with E-state index >= 15 is 0 Å². The van der Waals surface area contributed by atoms with Crippen LogP contribution in [0.3, 0.4) is 0 Å². The first-order chi connectivity index (χ1) is 15.6. The molecule has 0 aliphatic carbocycles. The molecule has 1 aromatic heterocycles. The SMILES string of the molecule is CN=C(NCc1c(C)nn(-c2ccccc2)c1C)NC(C)c1cccc(N2CCCC2)c1. The summed E-state index contributed by atoms with van der Waals surface area (Å²) in [6.07, 6.45) is 2.57. The molecule has 0 radical (unpaired) electrons. The Hall–Kier alpha value is -3.28. The van der Waals surface area contributed by atoms with E-state index in [1.807, 2.05) is 29.9 Å². The summed E-state index contributed by atoms with van der Waals surface area (Å²) in [6, 6.07) is 19.3. The molecule has 1 aliphatic rings. The van der Waals surface area contributed by atoms with Crippen molar-refractivity contribution < 1.29 is 0 Å². The highest BCUT2D eigenvalue weighted by molar-refractivity contribution is 5.80. The molecule has 1 unspecified atom stereocenters. The molecule has 6 nitrogen and oxygen atoms in total. The third-order valence-corrected chi connectivity index (χ3v) is 6.29. The third kappa shape index (κ3) is 4.79. The van der Waals surface area contributed by atoms with Crippen LogP contribution in [0.5, 0.6) is 0 Å². The number of nitrogens with zero attached hydrogens (tertiary/aromatic N) is 4. The predicted molar refractivity (Wildman–Crippen MR) is 133 cm³/mol. The molecule has 1 fully saturated rings. The standard InChI is InChI=1S/C26H34N6/c1-19(22-11-10-14-24(17-22)31-15-8-9-16-31)29-26(27-4)28-18-25-20(2)30-32(21(25)3)23-12-6-5-7-13-23/h5-7,10-14,17,19H,8-9,15-16,18H2,1-4H3,(H2,27,28,29). The second-order valence-corrected chi connectivity index (χ2v) is 8.48. The number of guanidine groups is 1. The molecule has 1 atom stereocenters. The van der Waals surface area contributed by atoms with Gasteiger partial charge in [0.1, 0.15) is 0 Å². The molecule has 32 heavy (non-hydrogen) atoms. The topological polar surface area (TPSA) is 57.5 Å². The molecular formula is C26H34N6. The number of hydrogen-bond donors (Lipinski definition) is 2. The maximum atomic E-state index is 4.75. The highest BCUT2D eigenvalue weighted by Crippen LogP contribution is 2.24. The summed E-state index contributed by atoms with van der Waals surface area (Å²) in [7, 11) is 1.82. The molecule has 4 rings (SSSR count). The minimum absolute atomic E-state index is 0.151. The van der Waals surface area contributed by atoms with Crippen molar-refractivity contribution in [3.63, 3.8) is 0 Å². The zero-order valence-corrected chi connectivity index (χ0v) is 19.6. The van der Waals surface area contributed by atoms with Gasteiger partial charge in [0.2, 0.25) is 0 Å². The van der Waals surface area contributed by atoms with Crippen LogP contribution in [0.1, 0.15) is 48.3 Å². The van der Waals surface area contributed by atoms with Crippen LogP contribution in [0.15, 0.2) is 59.6 Å². The van der Waals surface area contributed by atoms with Crippen LogP contribution >= 0.6 is 0 Å². The second kappa shape index (κ2) is 9.90. The van der Waals surface area contributed by atoms with E-state index in [1.54, 1.807) is 0 Å². The molecule has 2 N–H and O–H groups in total. The highest BCUT2D eigenvalue weighted by atomic mass is 15.3. The van der Waals surface area contributed by atoms with Gasteiger partial charge in [-0.15, -0.1) is 0 Å². The molecule has 1 saturated heterocycles. The second-order valence-electron chi connectivity index (χ2n) is 8.48. The largest absolute Gasteiger partial charge is 0.372 e. The lowest BCUT2D eigenvalue weighted by atomic mass is 10.1. The van der Waals surface area contributed by atoms with Crippen molar-refractivity contribution in [3.8, 4) is 5.69 Å². The summed E-state index contributed by atoms with van der Waals surface area (Å²) in [5, 5.41) is 11.8. The average Bonchev–Trinajstić information content (AvgIpc) is 3.46. The van der Waals surface area contributed by atoms with Crippen LogP contribution < -0.4 is 15.5 Å². The van der Waals surface area contributed by atoms with Gasteiger partial charge in [0.25, 0.3) is 0 Å². The Morgan fingerprint density at radius 3 is 2.47 bits per heavy atom. The first kappa shape index (κ1) is 21.9. The lowest BCUT2D eigenvalue weighted by molar-refractivity contribution is 0.684. The van der Waals surface area contributed by atoms with Crippen LogP contribution in [0.4, 0.5) is 5.69 Å². The van der Waals surface area contributed by atoms with Crippen molar-refractivity contribution in [1.29, 1.82) is 0 Å². The van der Waals surface area contributed by atoms with Crippen molar-refractivity contribution in [2.75, 3.05) is 25.0 Å². The van der Waals surface area contributed by atoms with E-state index in [9.17, 15) is 0 Å². The van der Waals surface area contributed by atoms with Crippen molar-refractivity contribution in [2.45, 2.75) is 46.2 Å². The quantitative estimate of drug-likeness (QED) is 0.446. The van der Waals surface area contributed by atoms with E-state index in [0.29, 0.717) is 6.54 Å². The third-order valence-electron chi connectivity index (χ3n) is 6.29. The van der Waals surface area contributed by atoms with E-state index in [1.165, 1.54) is 29.7 Å². The lowest BCUT2D eigenvalue weighted by Gasteiger charge is -2.22. The molecule has 0 spiro atoms. The Labute approximate surface area is 191 Å². The summed E-state index contributed by atoms with van der Waals surface area (Å²) in [5.41, 5.74) is 7.02. The minimum Gasteiger partial charge on any atom is -0.372 e. The Balaban J connectivity index is 1.42. The van der Waals surface area contributed by atoms with Gasteiger partial charge in [0.05, 0.1) is 17.4 Å². The smallest absolute Gasteiger partial charge is 0.191 e. The van der Waals surface area contributed by atoms with Crippen LogP contribution in [0.25, 0.3) is 5.69 Å². The molecule has 0 amide bonds. The highest BCUT2D eigenvalue weighted by Gasteiger charge is 2.16. The van der Waals surface area contributed by atoms with Crippen LogP contribution in [-0.4, -0.2) is 35.9 Å².